The standard InChI is InChI=1S/C14H18Br2N2O2S/c15-11-5-12(16)14(13(17)6-11)21(19,20)18-7-10-4-8-1-2-9(10)3-8/h5-6,8-10,18H,1-4,7,17H2. The Morgan fingerprint density at radius 2 is 2.00 bits per heavy atom. The summed E-state index contributed by atoms with van der Waals surface area (Å²) in [5.74, 6) is 1.99. The predicted molar refractivity (Wildman–Crippen MR) is 90.4 cm³/mol. The second-order valence-electron chi connectivity index (χ2n) is 6.09. The van der Waals surface area contributed by atoms with Crippen LogP contribution in [0.1, 0.15) is 25.7 Å². The van der Waals surface area contributed by atoms with E-state index in [0.29, 0.717) is 22.9 Å². The predicted octanol–water partition coefficient (Wildman–Crippen LogP) is 3.51. The number of nitrogen functional groups attached to an aromatic ring is 1. The molecule has 3 rings (SSSR count). The molecule has 3 atom stereocenters. The molecule has 21 heavy (non-hydrogen) atoms. The van der Waals surface area contributed by atoms with Crippen molar-refractivity contribution in [2.75, 3.05) is 12.3 Å². The molecule has 2 aliphatic rings. The molecule has 1 aromatic rings. The molecule has 116 valence electrons. The van der Waals surface area contributed by atoms with Crippen LogP contribution < -0.4 is 10.5 Å². The van der Waals surface area contributed by atoms with Crippen molar-refractivity contribution in [1.29, 1.82) is 0 Å². The van der Waals surface area contributed by atoms with E-state index >= 15 is 0 Å². The molecule has 0 spiro atoms. The Morgan fingerprint density at radius 3 is 2.57 bits per heavy atom. The van der Waals surface area contributed by atoms with Gasteiger partial charge < -0.3 is 5.73 Å². The van der Waals surface area contributed by atoms with Crippen LogP contribution in [0.15, 0.2) is 26.0 Å². The highest BCUT2D eigenvalue weighted by molar-refractivity contribution is 9.11. The summed E-state index contributed by atoms with van der Waals surface area (Å²) in [6, 6.07) is 3.30. The Labute approximate surface area is 142 Å². The summed E-state index contributed by atoms with van der Waals surface area (Å²) in [6.45, 7) is 0.519. The molecule has 0 radical (unpaired) electrons. The lowest BCUT2D eigenvalue weighted by atomic mass is 9.89. The van der Waals surface area contributed by atoms with Gasteiger partial charge in [-0.25, -0.2) is 13.1 Å². The van der Waals surface area contributed by atoms with Crippen LogP contribution in [-0.2, 0) is 10.0 Å². The highest BCUT2D eigenvalue weighted by atomic mass is 79.9. The first-order chi connectivity index (χ1) is 9.87. The van der Waals surface area contributed by atoms with E-state index in [1.807, 2.05) is 0 Å². The average molecular weight is 438 g/mol. The van der Waals surface area contributed by atoms with Crippen LogP contribution >= 0.6 is 31.9 Å². The Kier molecular flexibility index (Phi) is 4.38. The molecular formula is C14H18Br2N2O2S. The zero-order valence-corrected chi connectivity index (χ0v) is 15.5. The van der Waals surface area contributed by atoms with Gasteiger partial charge in [0.05, 0.1) is 5.69 Å². The maximum Gasteiger partial charge on any atom is 0.243 e. The number of sulfonamides is 1. The largest absolute Gasteiger partial charge is 0.398 e. The van der Waals surface area contributed by atoms with Crippen molar-refractivity contribution >= 4 is 47.6 Å². The van der Waals surface area contributed by atoms with E-state index in [4.69, 9.17) is 5.73 Å². The number of fused-ring (bicyclic) bond motifs is 2. The van der Waals surface area contributed by atoms with Crippen LogP contribution in [-0.4, -0.2) is 15.0 Å². The van der Waals surface area contributed by atoms with Gasteiger partial charge in [-0.1, -0.05) is 22.4 Å². The molecule has 0 heterocycles. The summed E-state index contributed by atoms with van der Waals surface area (Å²) in [4.78, 5) is 0.133. The number of hydrogen-bond acceptors (Lipinski definition) is 3. The highest BCUT2D eigenvalue weighted by Crippen LogP contribution is 2.48. The van der Waals surface area contributed by atoms with Crippen molar-refractivity contribution in [2.45, 2.75) is 30.6 Å². The van der Waals surface area contributed by atoms with Gasteiger partial charge in [-0.15, -0.1) is 0 Å². The minimum absolute atomic E-state index is 0.133. The maximum absolute atomic E-state index is 12.5. The molecule has 0 aliphatic heterocycles. The summed E-state index contributed by atoms with van der Waals surface area (Å²) in [5.41, 5.74) is 6.12. The van der Waals surface area contributed by atoms with Gasteiger partial charge in [-0.2, -0.15) is 0 Å². The van der Waals surface area contributed by atoms with Gasteiger partial charge in [0.1, 0.15) is 4.90 Å². The van der Waals surface area contributed by atoms with Gasteiger partial charge in [0.25, 0.3) is 0 Å². The lowest BCUT2D eigenvalue weighted by molar-refractivity contribution is 0.333. The third kappa shape index (κ3) is 3.16. The zero-order chi connectivity index (χ0) is 15.2. The van der Waals surface area contributed by atoms with E-state index in [9.17, 15) is 8.42 Å². The van der Waals surface area contributed by atoms with Crippen molar-refractivity contribution in [3.63, 3.8) is 0 Å². The third-order valence-electron chi connectivity index (χ3n) is 4.73. The number of nitrogens with one attached hydrogen (secondary N) is 1. The van der Waals surface area contributed by atoms with E-state index in [2.05, 4.69) is 36.6 Å². The minimum atomic E-state index is -3.59. The molecular weight excluding hydrogens is 420 g/mol. The first-order valence-corrected chi connectivity index (χ1v) is 10.2. The average Bonchev–Trinajstić information content (AvgIpc) is 2.96. The lowest BCUT2D eigenvalue weighted by Gasteiger charge is -2.22. The second-order valence-corrected chi connectivity index (χ2v) is 9.57. The van der Waals surface area contributed by atoms with Gasteiger partial charge in [0.15, 0.2) is 0 Å². The molecule has 3 N–H and O–H groups in total. The van der Waals surface area contributed by atoms with Crippen molar-refractivity contribution in [2.24, 2.45) is 17.8 Å². The van der Waals surface area contributed by atoms with Crippen LogP contribution in [0.5, 0.6) is 0 Å². The summed E-state index contributed by atoms with van der Waals surface area (Å²) in [7, 11) is -3.59. The van der Waals surface area contributed by atoms with E-state index in [-0.39, 0.29) is 10.6 Å². The smallest absolute Gasteiger partial charge is 0.243 e. The van der Waals surface area contributed by atoms with Crippen molar-refractivity contribution in [1.82, 2.24) is 4.72 Å². The fourth-order valence-electron chi connectivity index (χ4n) is 3.78. The van der Waals surface area contributed by atoms with Gasteiger partial charge in [-0.05, 0) is 65.1 Å². The Hall–Kier alpha value is -0.110. The Morgan fingerprint density at radius 1 is 1.24 bits per heavy atom. The molecule has 1 aromatic carbocycles. The minimum Gasteiger partial charge on any atom is -0.398 e. The van der Waals surface area contributed by atoms with Gasteiger partial charge in [0.2, 0.25) is 10.0 Å². The van der Waals surface area contributed by atoms with Crippen LogP contribution in [0, 0.1) is 17.8 Å². The van der Waals surface area contributed by atoms with Crippen LogP contribution in [0.25, 0.3) is 0 Å². The molecule has 0 aromatic heterocycles. The van der Waals surface area contributed by atoms with E-state index in [1.54, 1.807) is 12.1 Å². The monoisotopic (exact) mass is 436 g/mol. The molecule has 2 saturated carbocycles. The van der Waals surface area contributed by atoms with Crippen LogP contribution in [0.4, 0.5) is 5.69 Å². The number of hydrogen-bond donors (Lipinski definition) is 2. The third-order valence-corrected chi connectivity index (χ3v) is 7.61. The molecule has 2 aliphatic carbocycles. The molecule has 0 amide bonds. The van der Waals surface area contributed by atoms with Crippen molar-refractivity contribution in [3.05, 3.63) is 21.1 Å². The quantitative estimate of drug-likeness (QED) is 0.708. The molecule has 2 bridgehead atoms. The van der Waals surface area contributed by atoms with Crippen LogP contribution in [0.3, 0.4) is 0 Å². The summed E-state index contributed by atoms with van der Waals surface area (Å²) >= 11 is 6.59. The number of anilines is 1. The first kappa shape index (κ1) is 15.8. The highest BCUT2D eigenvalue weighted by Gasteiger charge is 2.39. The Bertz CT molecular complexity index is 640. The molecule has 3 unspecified atom stereocenters. The summed E-state index contributed by atoms with van der Waals surface area (Å²) < 4.78 is 29.0. The number of benzene rings is 1. The van der Waals surface area contributed by atoms with Crippen molar-refractivity contribution in [3.8, 4) is 0 Å². The lowest BCUT2D eigenvalue weighted by Crippen LogP contribution is -2.32. The molecule has 0 saturated heterocycles. The summed E-state index contributed by atoms with van der Waals surface area (Å²) in [5, 5.41) is 0. The van der Waals surface area contributed by atoms with Gasteiger partial charge >= 0.3 is 0 Å². The van der Waals surface area contributed by atoms with E-state index < -0.39 is 10.0 Å². The molecule has 2 fully saturated rings. The van der Waals surface area contributed by atoms with Crippen molar-refractivity contribution < 1.29 is 8.42 Å². The summed E-state index contributed by atoms with van der Waals surface area (Å²) in [6.07, 6.45) is 5.00. The maximum atomic E-state index is 12.5. The molecule has 4 nitrogen and oxygen atoms in total. The number of halogens is 2. The number of rotatable bonds is 4. The van der Waals surface area contributed by atoms with Gasteiger partial charge in [-0.3, -0.25) is 0 Å². The fourth-order valence-corrected chi connectivity index (χ4v) is 6.94. The normalized spacial score (nSPS) is 28.2. The zero-order valence-electron chi connectivity index (χ0n) is 11.5. The second kappa shape index (κ2) is 5.83. The topological polar surface area (TPSA) is 72.2 Å². The SMILES string of the molecule is Nc1cc(Br)cc(Br)c1S(=O)(=O)NCC1CC2CCC1C2. The van der Waals surface area contributed by atoms with E-state index in [1.165, 1.54) is 19.3 Å². The fraction of sp³-hybridized carbons (Fsp3) is 0.571. The number of nitrogens with two attached hydrogens (primary N) is 1. The van der Waals surface area contributed by atoms with Gasteiger partial charge in [0, 0.05) is 15.5 Å². The first-order valence-electron chi connectivity index (χ1n) is 7.11. The molecule has 7 heteroatoms. The Balaban J connectivity index is 1.75. The van der Waals surface area contributed by atoms with Crippen LogP contribution in [0.2, 0.25) is 0 Å². The van der Waals surface area contributed by atoms with E-state index in [0.717, 1.165) is 16.8 Å².